The number of hydrogen-bond donors (Lipinski definition) is 2. The van der Waals surface area contributed by atoms with E-state index >= 15 is 0 Å². The molecule has 3 fully saturated rings. The van der Waals surface area contributed by atoms with Gasteiger partial charge in [0.15, 0.2) is 0 Å². The SMILES string of the molecule is C#C[C@]1(O)CC[C@H]2[C@@H]3CCc4ccc(N5CCNCC5)cc4[C@H]3CC[C@@]21C. The summed E-state index contributed by atoms with van der Waals surface area (Å²) < 4.78 is 0. The molecule has 0 amide bonds. The molecule has 5 rings (SSSR count). The van der Waals surface area contributed by atoms with Gasteiger partial charge in [0.2, 0.25) is 0 Å². The Morgan fingerprint density at radius 1 is 1.19 bits per heavy atom. The summed E-state index contributed by atoms with van der Waals surface area (Å²) in [5, 5.41) is 14.6. The molecule has 1 aliphatic heterocycles. The molecule has 3 aliphatic carbocycles. The van der Waals surface area contributed by atoms with E-state index in [-0.39, 0.29) is 5.41 Å². The van der Waals surface area contributed by atoms with Crippen LogP contribution in [0, 0.1) is 29.6 Å². The zero-order chi connectivity index (χ0) is 18.6. The van der Waals surface area contributed by atoms with Gasteiger partial charge in [-0.25, -0.2) is 0 Å². The Bertz CT molecular complexity index is 777. The summed E-state index contributed by atoms with van der Waals surface area (Å²) in [6.45, 7) is 6.63. The molecule has 2 N–H and O–H groups in total. The standard InChI is InChI=1S/C24H32N2O/c1-3-24(27)11-9-22-20-7-5-17-4-6-18(26-14-12-25-13-15-26)16-21(17)19(20)8-10-23(22,24)2/h1,4,6,16,19-20,22,25,27H,5,7-15H2,2H3/t19-,20+,22-,23-,24-/m0/s1. The molecule has 5 atom stereocenters. The van der Waals surface area contributed by atoms with Crippen LogP contribution in [0.4, 0.5) is 5.69 Å². The second-order valence-electron chi connectivity index (χ2n) is 9.54. The molecule has 1 aromatic carbocycles. The first-order valence-electron chi connectivity index (χ1n) is 10.8. The Morgan fingerprint density at radius 3 is 2.78 bits per heavy atom. The van der Waals surface area contributed by atoms with Crippen molar-refractivity contribution in [1.29, 1.82) is 0 Å². The number of terminal acetylenes is 1. The highest BCUT2D eigenvalue weighted by Crippen LogP contribution is 2.64. The summed E-state index contributed by atoms with van der Waals surface area (Å²) in [6, 6.07) is 7.23. The molecule has 0 bridgehead atoms. The predicted octanol–water partition coefficient (Wildman–Crippen LogP) is 3.32. The molecule has 0 unspecified atom stereocenters. The number of nitrogens with zero attached hydrogens (tertiary/aromatic N) is 1. The van der Waals surface area contributed by atoms with Crippen LogP contribution in [0.3, 0.4) is 0 Å². The average Bonchev–Trinajstić information content (AvgIpc) is 2.99. The molecular formula is C24H32N2O. The highest BCUT2D eigenvalue weighted by atomic mass is 16.3. The predicted molar refractivity (Wildman–Crippen MR) is 110 cm³/mol. The number of piperazine rings is 1. The van der Waals surface area contributed by atoms with Gasteiger partial charge in [0, 0.05) is 37.3 Å². The zero-order valence-electron chi connectivity index (χ0n) is 16.5. The first-order valence-corrected chi connectivity index (χ1v) is 10.8. The number of anilines is 1. The lowest BCUT2D eigenvalue weighted by atomic mass is 9.53. The maximum atomic E-state index is 11.1. The van der Waals surface area contributed by atoms with Crippen molar-refractivity contribution in [3.05, 3.63) is 29.3 Å². The van der Waals surface area contributed by atoms with Gasteiger partial charge in [0.05, 0.1) is 0 Å². The quantitative estimate of drug-likeness (QED) is 0.751. The second-order valence-corrected chi connectivity index (χ2v) is 9.54. The van der Waals surface area contributed by atoms with Crippen molar-refractivity contribution >= 4 is 5.69 Å². The first kappa shape index (κ1) is 17.6. The minimum absolute atomic E-state index is 0.101. The number of aryl methyl sites for hydroxylation is 1. The van der Waals surface area contributed by atoms with E-state index in [9.17, 15) is 5.11 Å². The number of hydrogen-bond acceptors (Lipinski definition) is 3. The van der Waals surface area contributed by atoms with Crippen LogP contribution in [0.1, 0.15) is 56.1 Å². The number of fused-ring (bicyclic) bond motifs is 5. The molecule has 27 heavy (non-hydrogen) atoms. The third kappa shape index (κ3) is 2.50. The van der Waals surface area contributed by atoms with Crippen LogP contribution in [0.15, 0.2) is 18.2 Å². The van der Waals surface area contributed by atoms with E-state index in [2.05, 4.69) is 41.3 Å². The average molecular weight is 365 g/mol. The Kier molecular flexibility index (Phi) is 4.08. The lowest BCUT2D eigenvalue weighted by Gasteiger charge is -2.52. The maximum Gasteiger partial charge on any atom is 0.130 e. The fraction of sp³-hybridized carbons (Fsp3) is 0.667. The van der Waals surface area contributed by atoms with Gasteiger partial charge in [-0.15, -0.1) is 6.42 Å². The minimum Gasteiger partial charge on any atom is -0.377 e. The summed E-state index contributed by atoms with van der Waals surface area (Å²) in [7, 11) is 0. The third-order valence-corrected chi connectivity index (χ3v) is 8.59. The Morgan fingerprint density at radius 2 is 2.00 bits per heavy atom. The van der Waals surface area contributed by atoms with Crippen molar-refractivity contribution < 1.29 is 5.11 Å². The van der Waals surface area contributed by atoms with Gasteiger partial charge in [-0.2, -0.15) is 0 Å². The summed E-state index contributed by atoms with van der Waals surface area (Å²) >= 11 is 0. The lowest BCUT2D eigenvalue weighted by molar-refractivity contribution is -0.0646. The molecule has 4 aliphatic rings. The molecule has 0 radical (unpaired) electrons. The fourth-order valence-corrected chi connectivity index (χ4v) is 6.93. The molecule has 0 aromatic heterocycles. The van der Waals surface area contributed by atoms with E-state index in [4.69, 9.17) is 6.42 Å². The first-order chi connectivity index (χ1) is 13.1. The van der Waals surface area contributed by atoms with E-state index in [1.54, 1.807) is 11.1 Å². The van der Waals surface area contributed by atoms with Gasteiger partial charge >= 0.3 is 0 Å². The van der Waals surface area contributed by atoms with Gasteiger partial charge in [-0.05, 0) is 79.5 Å². The van der Waals surface area contributed by atoms with Crippen LogP contribution in [-0.4, -0.2) is 36.9 Å². The molecule has 3 nitrogen and oxygen atoms in total. The largest absolute Gasteiger partial charge is 0.377 e. The van der Waals surface area contributed by atoms with E-state index in [1.807, 2.05) is 0 Å². The van der Waals surface area contributed by atoms with Crippen LogP contribution in [0.25, 0.3) is 0 Å². The Balaban J connectivity index is 1.47. The monoisotopic (exact) mass is 364 g/mol. The van der Waals surface area contributed by atoms with Gasteiger partial charge in [0.25, 0.3) is 0 Å². The normalized spacial score (nSPS) is 40.6. The molecule has 0 spiro atoms. The van der Waals surface area contributed by atoms with Crippen molar-refractivity contribution in [1.82, 2.24) is 5.32 Å². The van der Waals surface area contributed by atoms with Crippen LogP contribution < -0.4 is 10.2 Å². The molecular weight excluding hydrogens is 332 g/mol. The summed E-state index contributed by atoms with van der Waals surface area (Å²) in [5.74, 6) is 4.68. The number of nitrogens with one attached hydrogen (secondary N) is 1. The Hall–Kier alpha value is -1.50. The minimum atomic E-state index is -0.897. The van der Waals surface area contributed by atoms with Gasteiger partial charge < -0.3 is 15.3 Å². The zero-order valence-corrected chi connectivity index (χ0v) is 16.5. The van der Waals surface area contributed by atoms with Crippen LogP contribution in [-0.2, 0) is 6.42 Å². The van der Waals surface area contributed by atoms with Crippen molar-refractivity contribution in [3.63, 3.8) is 0 Å². The van der Waals surface area contributed by atoms with Crippen molar-refractivity contribution in [2.45, 2.75) is 57.0 Å². The molecule has 2 saturated carbocycles. The number of benzene rings is 1. The second kappa shape index (κ2) is 6.26. The number of rotatable bonds is 1. The highest BCUT2D eigenvalue weighted by Gasteiger charge is 2.61. The van der Waals surface area contributed by atoms with Crippen LogP contribution in [0.5, 0.6) is 0 Å². The molecule has 1 aromatic rings. The summed E-state index contributed by atoms with van der Waals surface area (Å²) in [6.07, 6.45) is 12.3. The summed E-state index contributed by atoms with van der Waals surface area (Å²) in [5.41, 5.74) is 3.56. The highest BCUT2D eigenvalue weighted by molar-refractivity contribution is 5.53. The summed E-state index contributed by atoms with van der Waals surface area (Å²) in [4.78, 5) is 2.53. The Labute approximate surface area is 163 Å². The molecule has 144 valence electrons. The van der Waals surface area contributed by atoms with E-state index in [0.717, 1.165) is 45.4 Å². The lowest BCUT2D eigenvalue weighted by Crippen LogP contribution is -2.50. The van der Waals surface area contributed by atoms with Crippen LogP contribution >= 0.6 is 0 Å². The maximum absolute atomic E-state index is 11.1. The van der Waals surface area contributed by atoms with E-state index < -0.39 is 5.60 Å². The topological polar surface area (TPSA) is 35.5 Å². The van der Waals surface area contributed by atoms with Crippen molar-refractivity contribution in [3.8, 4) is 12.3 Å². The van der Waals surface area contributed by atoms with Crippen molar-refractivity contribution in [2.75, 3.05) is 31.1 Å². The van der Waals surface area contributed by atoms with E-state index in [0.29, 0.717) is 17.8 Å². The fourth-order valence-electron chi connectivity index (χ4n) is 6.93. The van der Waals surface area contributed by atoms with Gasteiger partial charge in [-0.3, -0.25) is 0 Å². The van der Waals surface area contributed by atoms with Crippen LogP contribution in [0.2, 0.25) is 0 Å². The van der Waals surface area contributed by atoms with E-state index in [1.165, 1.54) is 24.9 Å². The molecule has 3 heteroatoms. The van der Waals surface area contributed by atoms with Gasteiger partial charge in [-0.1, -0.05) is 18.9 Å². The third-order valence-electron chi connectivity index (χ3n) is 8.59. The van der Waals surface area contributed by atoms with Crippen molar-refractivity contribution in [2.24, 2.45) is 17.3 Å². The smallest absolute Gasteiger partial charge is 0.130 e. The van der Waals surface area contributed by atoms with Gasteiger partial charge in [0.1, 0.15) is 5.60 Å². The molecule has 1 heterocycles. The molecule has 1 saturated heterocycles. The number of aliphatic hydroxyl groups is 1.